The van der Waals surface area contributed by atoms with Crippen molar-refractivity contribution in [3.8, 4) is 5.69 Å². The summed E-state index contributed by atoms with van der Waals surface area (Å²) in [5.41, 5.74) is 2.39. The predicted molar refractivity (Wildman–Crippen MR) is 68.4 cm³/mol. The summed E-state index contributed by atoms with van der Waals surface area (Å²) in [7, 11) is 0. The number of nitrogens with one attached hydrogen (secondary N) is 1. The number of rotatable bonds is 2. The van der Waals surface area contributed by atoms with Crippen LogP contribution in [0.4, 0.5) is 0 Å². The molecule has 1 aromatic heterocycles. The second-order valence-corrected chi connectivity index (χ2v) is 4.58. The zero-order valence-corrected chi connectivity index (χ0v) is 9.84. The van der Waals surface area contributed by atoms with Crippen molar-refractivity contribution < 1.29 is 0 Å². The summed E-state index contributed by atoms with van der Waals surface area (Å²) in [6, 6.07) is 10.3. The molecular weight excluding hydrogens is 210 g/mol. The highest BCUT2D eigenvalue weighted by Gasteiger charge is 2.17. The Bertz CT molecular complexity index is 469. The molecule has 0 bridgehead atoms. The first-order valence-corrected chi connectivity index (χ1v) is 6.23. The van der Waals surface area contributed by atoms with Gasteiger partial charge in [-0.3, -0.25) is 0 Å². The third-order valence-corrected chi connectivity index (χ3v) is 3.37. The largest absolute Gasteiger partial charge is 0.316 e. The second-order valence-electron chi connectivity index (χ2n) is 4.58. The van der Waals surface area contributed by atoms with Crippen molar-refractivity contribution in [2.24, 2.45) is 0 Å². The van der Waals surface area contributed by atoms with Gasteiger partial charge in [-0.25, -0.2) is 4.98 Å². The normalized spacial score (nSPS) is 20.4. The topological polar surface area (TPSA) is 29.9 Å². The zero-order valence-electron chi connectivity index (χ0n) is 9.84. The van der Waals surface area contributed by atoms with Gasteiger partial charge < -0.3 is 9.88 Å². The van der Waals surface area contributed by atoms with Crippen LogP contribution in [0, 0.1) is 0 Å². The van der Waals surface area contributed by atoms with E-state index in [9.17, 15) is 0 Å². The number of para-hydroxylation sites is 1. The van der Waals surface area contributed by atoms with E-state index in [0.717, 1.165) is 13.1 Å². The Balaban J connectivity index is 1.83. The number of piperidine rings is 1. The van der Waals surface area contributed by atoms with Crippen LogP contribution < -0.4 is 5.32 Å². The molecule has 0 unspecified atom stereocenters. The Morgan fingerprint density at radius 1 is 1.24 bits per heavy atom. The van der Waals surface area contributed by atoms with E-state index in [0.29, 0.717) is 5.92 Å². The molecule has 1 aliphatic rings. The summed E-state index contributed by atoms with van der Waals surface area (Å²) in [6.07, 6.45) is 6.58. The minimum Gasteiger partial charge on any atom is -0.316 e. The van der Waals surface area contributed by atoms with E-state index >= 15 is 0 Å². The van der Waals surface area contributed by atoms with Crippen LogP contribution in [0.3, 0.4) is 0 Å². The summed E-state index contributed by atoms with van der Waals surface area (Å²) >= 11 is 0. The van der Waals surface area contributed by atoms with Gasteiger partial charge in [0.1, 0.15) is 0 Å². The summed E-state index contributed by atoms with van der Waals surface area (Å²) in [4.78, 5) is 4.54. The zero-order chi connectivity index (χ0) is 11.5. The van der Waals surface area contributed by atoms with Crippen molar-refractivity contribution in [1.82, 2.24) is 14.9 Å². The van der Waals surface area contributed by atoms with Crippen LogP contribution in [0.5, 0.6) is 0 Å². The molecule has 0 amide bonds. The average Bonchev–Trinajstić information content (AvgIpc) is 2.90. The summed E-state index contributed by atoms with van der Waals surface area (Å²) in [5, 5.41) is 3.43. The maximum Gasteiger partial charge on any atom is 0.0995 e. The fraction of sp³-hybridized carbons (Fsp3) is 0.357. The maximum absolute atomic E-state index is 4.54. The highest BCUT2D eigenvalue weighted by atomic mass is 15.0. The van der Waals surface area contributed by atoms with Gasteiger partial charge in [0.05, 0.1) is 12.0 Å². The molecule has 1 saturated heterocycles. The van der Waals surface area contributed by atoms with Crippen molar-refractivity contribution in [3.63, 3.8) is 0 Å². The maximum atomic E-state index is 4.54. The van der Waals surface area contributed by atoms with Crippen molar-refractivity contribution in [2.45, 2.75) is 18.8 Å². The molecule has 1 N–H and O–H groups in total. The monoisotopic (exact) mass is 227 g/mol. The van der Waals surface area contributed by atoms with Gasteiger partial charge in [0.25, 0.3) is 0 Å². The fourth-order valence-corrected chi connectivity index (χ4v) is 2.39. The third-order valence-electron chi connectivity index (χ3n) is 3.37. The molecule has 3 rings (SSSR count). The Labute approximate surface area is 101 Å². The molecule has 3 nitrogen and oxygen atoms in total. The van der Waals surface area contributed by atoms with Crippen molar-refractivity contribution in [1.29, 1.82) is 0 Å². The number of nitrogens with zero attached hydrogens (tertiary/aromatic N) is 2. The van der Waals surface area contributed by atoms with Crippen molar-refractivity contribution in [3.05, 3.63) is 48.5 Å². The summed E-state index contributed by atoms with van der Waals surface area (Å²) in [5.74, 6) is 0.578. The molecule has 2 aromatic rings. The Kier molecular flexibility index (Phi) is 2.92. The minimum absolute atomic E-state index is 0.578. The Morgan fingerprint density at radius 2 is 2.12 bits per heavy atom. The lowest BCUT2D eigenvalue weighted by molar-refractivity contribution is 0.455. The lowest BCUT2D eigenvalue weighted by atomic mass is 9.97. The van der Waals surface area contributed by atoms with E-state index in [2.05, 4.69) is 45.3 Å². The van der Waals surface area contributed by atoms with Gasteiger partial charge in [0.2, 0.25) is 0 Å². The van der Waals surface area contributed by atoms with Gasteiger partial charge in [-0.15, -0.1) is 0 Å². The number of benzene rings is 1. The molecule has 0 saturated carbocycles. The Hall–Kier alpha value is -1.61. The van der Waals surface area contributed by atoms with Gasteiger partial charge in [-0.05, 0) is 31.5 Å². The van der Waals surface area contributed by atoms with Gasteiger partial charge >= 0.3 is 0 Å². The van der Waals surface area contributed by atoms with Crippen LogP contribution in [0.25, 0.3) is 5.69 Å². The van der Waals surface area contributed by atoms with Gasteiger partial charge in [-0.1, -0.05) is 18.2 Å². The summed E-state index contributed by atoms with van der Waals surface area (Å²) in [6.45, 7) is 2.21. The first-order valence-electron chi connectivity index (χ1n) is 6.23. The van der Waals surface area contributed by atoms with E-state index in [1.165, 1.54) is 24.2 Å². The quantitative estimate of drug-likeness (QED) is 0.853. The molecule has 0 radical (unpaired) electrons. The molecule has 1 atom stereocenters. The van der Waals surface area contributed by atoms with Crippen molar-refractivity contribution >= 4 is 0 Å². The predicted octanol–water partition coefficient (Wildman–Crippen LogP) is 2.34. The highest BCUT2D eigenvalue weighted by Crippen LogP contribution is 2.22. The standard InChI is InChI=1S/C14H17N3/c1-2-6-13(7-3-1)17-10-14(16-11-17)12-5-4-8-15-9-12/h1-3,6-7,10-12,15H,4-5,8-9H2/t12-/m0/s1. The van der Waals surface area contributed by atoms with Crippen LogP contribution in [-0.2, 0) is 0 Å². The number of imidazole rings is 1. The van der Waals surface area contributed by atoms with Crippen molar-refractivity contribution in [2.75, 3.05) is 13.1 Å². The van der Waals surface area contributed by atoms with Gasteiger partial charge in [0.15, 0.2) is 0 Å². The summed E-state index contributed by atoms with van der Waals surface area (Å²) < 4.78 is 2.10. The molecule has 1 aliphatic heterocycles. The lowest BCUT2D eigenvalue weighted by Gasteiger charge is -2.20. The molecule has 88 valence electrons. The van der Waals surface area contributed by atoms with Crippen LogP contribution >= 0.6 is 0 Å². The first-order chi connectivity index (χ1) is 8.43. The number of hydrogen-bond donors (Lipinski definition) is 1. The minimum atomic E-state index is 0.578. The molecule has 1 aromatic carbocycles. The highest BCUT2D eigenvalue weighted by molar-refractivity contribution is 5.32. The first kappa shape index (κ1) is 10.5. The van der Waals surface area contributed by atoms with E-state index in [1.54, 1.807) is 0 Å². The van der Waals surface area contributed by atoms with Crippen LogP contribution in [0.2, 0.25) is 0 Å². The molecular formula is C14H17N3. The molecule has 0 aliphatic carbocycles. The van der Waals surface area contributed by atoms with E-state index < -0.39 is 0 Å². The number of aromatic nitrogens is 2. The lowest BCUT2D eigenvalue weighted by Crippen LogP contribution is -2.28. The number of hydrogen-bond acceptors (Lipinski definition) is 2. The molecule has 3 heteroatoms. The Morgan fingerprint density at radius 3 is 2.88 bits per heavy atom. The second kappa shape index (κ2) is 4.72. The molecule has 1 fully saturated rings. The van der Waals surface area contributed by atoms with Gasteiger partial charge in [0, 0.05) is 24.3 Å². The molecule has 17 heavy (non-hydrogen) atoms. The van der Waals surface area contributed by atoms with Crippen LogP contribution in [0.1, 0.15) is 24.5 Å². The molecule has 2 heterocycles. The van der Waals surface area contributed by atoms with Gasteiger partial charge in [-0.2, -0.15) is 0 Å². The molecule has 0 spiro atoms. The smallest absolute Gasteiger partial charge is 0.0995 e. The van der Waals surface area contributed by atoms with E-state index in [4.69, 9.17) is 0 Å². The van der Waals surface area contributed by atoms with Crippen LogP contribution in [-0.4, -0.2) is 22.6 Å². The van der Waals surface area contributed by atoms with E-state index in [-0.39, 0.29) is 0 Å². The third kappa shape index (κ3) is 2.24. The van der Waals surface area contributed by atoms with Crippen LogP contribution in [0.15, 0.2) is 42.9 Å². The average molecular weight is 227 g/mol. The van der Waals surface area contributed by atoms with E-state index in [1.807, 2.05) is 12.4 Å². The SMILES string of the molecule is c1ccc(-n2cnc([C@H]3CCCNC3)c2)cc1. The fourth-order valence-electron chi connectivity index (χ4n) is 2.39.